The maximum absolute atomic E-state index is 13.3. The molecule has 0 heterocycles. The third-order valence-corrected chi connectivity index (χ3v) is 4.69. The fraction of sp³-hybridized carbons (Fsp3) is 0.500. The number of rotatable bonds is 5. The van der Waals surface area contributed by atoms with E-state index in [0.29, 0.717) is 12.5 Å². The highest BCUT2D eigenvalue weighted by Crippen LogP contribution is 2.28. The molecule has 1 aliphatic rings. The Morgan fingerprint density at radius 1 is 1.29 bits per heavy atom. The van der Waals surface area contributed by atoms with Gasteiger partial charge in [-0.15, -0.1) is 0 Å². The molecule has 0 radical (unpaired) electrons. The monoisotopic (exact) mass is 257 g/mol. The number of benzene rings is 1. The van der Waals surface area contributed by atoms with E-state index in [1.165, 1.54) is 37.5 Å². The molecule has 0 spiro atoms. The van der Waals surface area contributed by atoms with E-state index in [4.69, 9.17) is 0 Å². The zero-order valence-corrected chi connectivity index (χ0v) is 10.3. The molecule has 0 aliphatic heterocycles. The third-order valence-electron chi connectivity index (χ3n) is 3.20. The van der Waals surface area contributed by atoms with Gasteiger partial charge in [0.05, 0.1) is 0 Å². The Morgan fingerprint density at radius 3 is 2.59 bits per heavy atom. The zero-order chi connectivity index (χ0) is 12.3. The predicted octanol–water partition coefficient (Wildman–Crippen LogP) is 2.29. The van der Waals surface area contributed by atoms with Crippen LogP contribution < -0.4 is 4.72 Å². The molecule has 0 amide bonds. The van der Waals surface area contributed by atoms with Crippen molar-refractivity contribution >= 4 is 10.0 Å². The predicted molar refractivity (Wildman–Crippen MR) is 63.5 cm³/mol. The second-order valence-electron chi connectivity index (χ2n) is 4.41. The van der Waals surface area contributed by atoms with Crippen LogP contribution in [-0.2, 0) is 10.0 Å². The van der Waals surface area contributed by atoms with Gasteiger partial charge in [0.2, 0.25) is 10.0 Å². The molecular weight excluding hydrogens is 241 g/mol. The van der Waals surface area contributed by atoms with E-state index in [1.807, 2.05) is 0 Å². The Bertz CT molecular complexity index is 483. The summed E-state index contributed by atoms with van der Waals surface area (Å²) in [5.74, 6) is -0.0676. The summed E-state index contributed by atoms with van der Waals surface area (Å²) < 4.78 is 39.4. The summed E-state index contributed by atoms with van der Waals surface area (Å²) >= 11 is 0. The van der Waals surface area contributed by atoms with Gasteiger partial charge >= 0.3 is 0 Å². The van der Waals surface area contributed by atoms with Gasteiger partial charge in [0, 0.05) is 6.54 Å². The molecule has 5 heteroatoms. The van der Waals surface area contributed by atoms with Crippen LogP contribution in [0.1, 0.15) is 25.7 Å². The number of nitrogens with one attached hydrogen (secondary N) is 1. The first-order valence-corrected chi connectivity index (χ1v) is 7.32. The topological polar surface area (TPSA) is 46.2 Å². The maximum atomic E-state index is 13.3. The van der Waals surface area contributed by atoms with Gasteiger partial charge in [0.15, 0.2) is 0 Å². The molecule has 0 saturated heterocycles. The van der Waals surface area contributed by atoms with Crippen LogP contribution >= 0.6 is 0 Å². The first-order chi connectivity index (χ1) is 8.09. The molecule has 1 N–H and O–H groups in total. The highest BCUT2D eigenvalue weighted by Gasteiger charge is 2.20. The van der Waals surface area contributed by atoms with Crippen LogP contribution in [0.2, 0.25) is 0 Å². The Balaban J connectivity index is 1.96. The van der Waals surface area contributed by atoms with Crippen molar-refractivity contribution in [3.05, 3.63) is 30.1 Å². The Labute approximate surface area is 101 Å². The van der Waals surface area contributed by atoms with Gasteiger partial charge in [-0.25, -0.2) is 17.5 Å². The second kappa shape index (κ2) is 5.14. The molecule has 94 valence electrons. The summed E-state index contributed by atoms with van der Waals surface area (Å²) in [5.41, 5.74) is 0. The standard InChI is InChI=1S/C12H16FNO2S/c13-11-6-1-2-7-12(11)17(15,16)14-9-8-10-4-3-5-10/h1-2,6-7,10,14H,3-5,8-9H2. The summed E-state index contributed by atoms with van der Waals surface area (Å²) in [5, 5.41) is 0. The molecule has 0 aromatic heterocycles. The molecule has 0 unspecified atom stereocenters. The van der Waals surface area contributed by atoms with E-state index < -0.39 is 15.8 Å². The van der Waals surface area contributed by atoms with Gasteiger partial charge in [-0.05, 0) is 24.5 Å². The SMILES string of the molecule is O=S(=O)(NCCC1CCC1)c1ccccc1F. The van der Waals surface area contributed by atoms with E-state index in [0.717, 1.165) is 12.5 Å². The molecule has 2 rings (SSSR count). The second-order valence-corrected chi connectivity index (χ2v) is 6.15. The molecule has 1 aliphatic carbocycles. The van der Waals surface area contributed by atoms with Crippen molar-refractivity contribution in [1.29, 1.82) is 0 Å². The van der Waals surface area contributed by atoms with Crippen LogP contribution in [0.4, 0.5) is 4.39 Å². The van der Waals surface area contributed by atoms with E-state index in [1.54, 1.807) is 0 Å². The third kappa shape index (κ3) is 3.04. The van der Waals surface area contributed by atoms with Gasteiger partial charge in [0.1, 0.15) is 10.7 Å². The molecule has 1 aromatic carbocycles. The van der Waals surface area contributed by atoms with Crippen molar-refractivity contribution in [2.24, 2.45) is 5.92 Å². The Kier molecular flexibility index (Phi) is 3.79. The zero-order valence-electron chi connectivity index (χ0n) is 9.52. The lowest BCUT2D eigenvalue weighted by Crippen LogP contribution is -2.28. The molecule has 0 bridgehead atoms. The van der Waals surface area contributed by atoms with Crippen molar-refractivity contribution in [2.75, 3.05) is 6.54 Å². The number of halogens is 1. The minimum atomic E-state index is -3.70. The first kappa shape index (κ1) is 12.5. The minimum Gasteiger partial charge on any atom is -0.211 e. The van der Waals surface area contributed by atoms with Crippen molar-refractivity contribution in [3.8, 4) is 0 Å². The Hall–Kier alpha value is -0.940. The maximum Gasteiger partial charge on any atom is 0.243 e. The van der Waals surface area contributed by atoms with Gasteiger partial charge in [-0.1, -0.05) is 31.4 Å². The van der Waals surface area contributed by atoms with Crippen molar-refractivity contribution < 1.29 is 12.8 Å². The minimum absolute atomic E-state index is 0.270. The van der Waals surface area contributed by atoms with E-state index in [2.05, 4.69) is 4.72 Å². The molecule has 1 aromatic rings. The number of hydrogen-bond acceptors (Lipinski definition) is 2. The highest BCUT2D eigenvalue weighted by molar-refractivity contribution is 7.89. The van der Waals surface area contributed by atoms with Crippen LogP contribution in [0.25, 0.3) is 0 Å². The van der Waals surface area contributed by atoms with E-state index >= 15 is 0 Å². The molecular formula is C12H16FNO2S. The van der Waals surface area contributed by atoms with Gasteiger partial charge in [-0.3, -0.25) is 0 Å². The summed E-state index contributed by atoms with van der Waals surface area (Å²) in [4.78, 5) is -0.270. The highest BCUT2D eigenvalue weighted by atomic mass is 32.2. The van der Waals surface area contributed by atoms with Crippen molar-refractivity contribution in [3.63, 3.8) is 0 Å². The summed E-state index contributed by atoms with van der Waals surface area (Å²) in [6.07, 6.45) is 4.45. The van der Waals surface area contributed by atoms with Crippen molar-refractivity contribution in [1.82, 2.24) is 4.72 Å². The molecule has 0 atom stereocenters. The number of sulfonamides is 1. The fourth-order valence-corrected chi connectivity index (χ4v) is 3.04. The largest absolute Gasteiger partial charge is 0.243 e. The average Bonchev–Trinajstić information content (AvgIpc) is 2.22. The van der Waals surface area contributed by atoms with Crippen LogP contribution in [0, 0.1) is 11.7 Å². The first-order valence-electron chi connectivity index (χ1n) is 5.84. The van der Waals surface area contributed by atoms with E-state index in [-0.39, 0.29) is 4.90 Å². The van der Waals surface area contributed by atoms with Crippen LogP contribution in [0.5, 0.6) is 0 Å². The molecule has 17 heavy (non-hydrogen) atoms. The smallest absolute Gasteiger partial charge is 0.211 e. The van der Waals surface area contributed by atoms with Crippen molar-refractivity contribution in [2.45, 2.75) is 30.6 Å². The summed E-state index contributed by atoms with van der Waals surface area (Å²) in [7, 11) is -3.70. The van der Waals surface area contributed by atoms with Crippen LogP contribution in [-0.4, -0.2) is 15.0 Å². The normalized spacial score (nSPS) is 16.8. The van der Waals surface area contributed by atoms with E-state index in [9.17, 15) is 12.8 Å². The van der Waals surface area contributed by atoms with Gasteiger partial charge in [-0.2, -0.15) is 0 Å². The Morgan fingerprint density at radius 2 is 2.00 bits per heavy atom. The van der Waals surface area contributed by atoms with Gasteiger partial charge < -0.3 is 0 Å². The average molecular weight is 257 g/mol. The molecule has 1 fully saturated rings. The lowest BCUT2D eigenvalue weighted by atomic mass is 9.83. The molecule has 1 saturated carbocycles. The number of hydrogen-bond donors (Lipinski definition) is 1. The summed E-state index contributed by atoms with van der Waals surface area (Å²) in [6.45, 7) is 0.390. The van der Waals surface area contributed by atoms with Crippen LogP contribution in [0.3, 0.4) is 0 Å². The van der Waals surface area contributed by atoms with Crippen LogP contribution in [0.15, 0.2) is 29.2 Å². The fourth-order valence-electron chi connectivity index (χ4n) is 1.92. The lowest BCUT2D eigenvalue weighted by Gasteiger charge is -2.25. The molecule has 3 nitrogen and oxygen atoms in total. The quantitative estimate of drug-likeness (QED) is 0.879. The van der Waals surface area contributed by atoms with Gasteiger partial charge in [0.25, 0.3) is 0 Å². The summed E-state index contributed by atoms with van der Waals surface area (Å²) in [6, 6.07) is 5.42. The lowest BCUT2D eigenvalue weighted by molar-refractivity contribution is 0.297.